The van der Waals surface area contributed by atoms with Gasteiger partial charge in [0.25, 0.3) is 0 Å². The van der Waals surface area contributed by atoms with Crippen molar-refractivity contribution in [1.29, 1.82) is 0 Å². The maximum absolute atomic E-state index is 13.1. The van der Waals surface area contributed by atoms with E-state index in [9.17, 15) is 9.90 Å². The van der Waals surface area contributed by atoms with Gasteiger partial charge in [-0.1, -0.05) is 74.4 Å². The molecule has 0 unspecified atom stereocenters. The van der Waals surface area contributed by atoms with Crippen LogP contribution in [-0.2, 0) is 19.6 Å². The minimum atomic E-state index is 0.194. The van der Waals surface area contributed by atoms with E-state index < -0.39 is 0 Å². The third-order valence-corrected chi connectivity index (χ3v) is 7.12. The number of aromatic nitrogens is 1. The highest BCUT2D eigenvalue weighted by Crippen LogP contribution is 2.29. The Morgan fingerprint density at radius 1 is 0.914 bits per heavy atom. The van der Waals surface area contributed by atoms with Crippen molar-refractivity contribution in [3.05, 3.63) is 95.3 Å². The van der Waals surface area contributed by atoms with Gasteiger partial charge in [0.05, 0.1) is 12.2 Å². The fraction of sp³-hybridized carbons (Fsp3) is 0.400. The lowest BCUT2D eigenvalue weighted by Gasteiger charge is -2.38. The van der Waals surface area contributed by atoms with Crippen LogP contribution in [0.4, 0.5) is 0 Å². The summed E-state index contributed by atoms with van der Waals surface area (Å²) in [5.74, 6) is 1.03. The highest BCUT2D eigenvalue weighted by atomic mass is 16.3. The zero-order valence-corrected chi connectivity index (χ0v) is 20.9. The van der Waals surface area contributed by atoms with E-state index >= 15 is 0 Å². The Labute approximate surface area is 209 Å². The first-order valence-corrected chi connectivity index (χ1v) is 12.7. The average Bonchev–Trinajstić information content (AvgIpc) is 2.87. The molecule has 1 heterocycles. The molecule has 3 aromatic rings. The summed E-state index contributed by atoms with van der Waals surface area (Å²) < 4.78 is 0. The van der Waals surface area contributed by atoms with Crippen molar-refractivity contribution in [2.45, 2.75) is 58.3 Å². The van der Waals surface area contributed by atoms with Crippen LogP contribution in [0.2, 0.25) is 0 Å². The Morgan fingerprint density at radius 2 is 1.60 bits per heavy atom. The van der Waals surface area contributed by atoms with E-state index in [0.29, 0.717) is 30.7 Å². The molecule has 35 heavy (non-hydrogen) atoms. The van der Waals surface area contributed by atoms with Gasteiger partial charge in [0, 0.05) is 37.4 Å². The van der Waals surface area contributed by atoms with Gasteiger partial charge in [-0.25, -0.2) is 0 Å². The van der Waals surface area contributed by atoms with E-state index in [-0.39, 0.29) is 11.5 Å². The van der Waals surface area contributed by atoms with Crippen LogP contribution < -0.4 is 0 Å². The summed E-state index contributed by atoms with van der Waals surface area (Å²) in [5.41, 5.74) is 3.92. The molecular formula is C30H37N3O2. The fourth-order valence-electron chi connectivity index (χ4n) is 5.19. The molecule has 5 nitrogen and oxygen atoms in total. The number of nitrogens with zero attached hydrogens (tertiary/aromatic N) is 3. The molecule has 184 valence electrons. The summed E-state index contributed by atoms with van der Waals surface area (Å²) in [5, 5.41) is 9.99. The number of carbonyl (C=O) groups is 1. The van der Waals surface area contributed by atoms with Crippen molar-refractivity contribution in [3.8, 4) is 5.75 Å². The third kappa shape index (κ3) is 7.00. The van der Waals surface area contributed by atoms with E-state index in [2.05, 4.69) is 46.0 Å². The molecule has 1 saturated carbocycles. The second-order valence-electron chi connectivity index (χ2n) is 9.98. The Kier molecular flexibility index (Phi) is 8.67. The van der Waals surface area contributed by atoms with Gasteiger partial charge in [-0.3, -0.25) is 19.6 Å². The number of carbonyl (C=O) groups excluding carboxylic acids is 1. The molecule has 0 aliphatic heterocycles. The second-order valence-corrected chi connectivity index (χ2v) is 9.98. The van der Waals surface area contributed by atoms with Gasteiger partial charge >= 0.3 is 0 Å². The molecule has 2 atom stereocenters. The van der Waals surface area contributed by atoms with Crippen molar-refractivity contribution in [1.82, 2.24) is 14.8 Å². The van der Waals surface area contributed by atoms with Crippen molar-refractivity contribution in [3.63, 3.8) is 0 Å². The van der Waals surface area contributed by atoms with Crippen LogP contribution in [0, 0.1) is 5.92 Å². The summed E-state index contributed by atoms with van der Waals surface area (Å²) in [6.07, 6.45) is 6.63. The van der Waals surface area contributed by atoms with Crippen LogP contribution in [0.5, 0.6) is 5.75 Å². The summed E-state index contributed by atoms with van der Waals surface area (Å²) in [6, 6.07) is 22.2. The maximum atomic E-state index is 13.1. The molecule has 1 N–H and O–H groups in total. The molecular weight excluding hydrogens is 434 g/mol. The molecule has 2 aromatic carbocycles. The van der Waals surface area contributed by atoms with Crippen LogP contribution in [0.25, 0.3) is 0 Å². The SMILES string of the molecule is C[C@H]1CCCC[C@H]1N(CC(=O)c1ccccc1)Cc1ccc(CN(C)Cc2ncccc2O)cc1. The maximum Gasteiger partial charge on any atom is 0.176 e. The van der Waals surface area contributed by atoms with E-state index in [1.165, 1.54) is 30.4 Å². The largest absolute Gasteiger partial charge is 0.506 e. The van der Waals surface area contributed by atoms with Crippen LogP contribution in [-0.4, -0.2) is 45.3 Å². The number of aromatic hydroxyl groups is 1. The normalized spacial score (nSPS) is 18.2. The number of pyridine rings is 1. The number of rotatable bonds is 10. The lowest BCUT2D eigenvalue weighted by Crippen LogP contribution is -2.43. The Hall–Kier alpha value is -3.02. The number of benzene rings is 2. The van der Waals surface area contributed by atoms with Crippen molar-refractivity contribution < 1.29 is 9.90 Å². The van der Waals surface area contributed by atoms with Crippen molar-refractivity contribution >= 4 is 5.78 Å². The second kappa shape index (κ2) is 12.1. The van der Waals surface area contributed by atoms with Gasteiger partial charge in [0.15, 0.2) is 5.78 Å². The molecule has 0 radical (unpaired) electrons. The van der Waals surface area contributed by atoms with E-state index in [1.54, 1.807) is 18.3 Å². The number of hydrogen-bond donors (Lipinski definition) is 1. The highest BCUT2D eigenvalue weighted by Gasteiger charge is 2.28. The van der Waals surface area contributed by atoms with Crippen LogP contribution in [0.1, 0.15) is 59.8 Å². The summed E-state index contributed by atoms with van der Waals surface area (Å²) in [6.45, 7) is 4.93. The number of hydrogen-bond acceptors (Lipinski definition) is 5. The van der Waals surface area contributed by atoms with Crippen molar-refractivity contribution in [2.24, 2.45) is 5.92 Å². The quantitative estimate of drug-likeness (QED) is 0.385. The van der Waals surface area contributed by atoms with E-state index in [4.69, 9.17) is 0 Å². The van der Waals surface area contributed by atoms with Crippen molar-refractivity contribution in [2.75, 3.05) is 13.6 Å². The smallest absolute Gasteiger partial charge is 0.176 e. The molecule has 1 aliphatic carbocycles. The molecule has 1 aromatic heterocycles. The fourth-order valence-corrected chi connectivity index (χ4v) is 5.19. The first kappa shape index (κ1) is 25.1. The molecule has 1 fully saturated rings. The predicted molar refractivity (Wildman–Crippen MR) is 140 cm³/mol. The van der Waals surface area contributed by atoms with Gasteiger partial charge in [-0.05, 0) is 49.1 Å². The summed E-state index contributed by atoms with van der Waals surface area (Å²) in [7, 11) is 2.03. The minimum absolute atomic E-state index is 0.194. The van der Waals surface area contributed by atoms with Crippen LogP contribution in [0.3, 0.4) is 0 Å². The molecule has 5 heteroatoms. The van der Waals surface area contributed by atoms with Gasteiger partial charge in [0.1, 0.15) is 5.75 Å². The standard InChI is InChI=1S/C30H37N3O2/c1-23-9-6-7-12-28(23)33(22-30(35)26-10-4-3-5-11-26)20-25-16-14-24(15-17-25)19-32(2)21-27-29(34)13-8-18-31-27/h3-5,8,10-11,13-18,23,28,34H,6-7,9,12,19-22H2,1-2H3/t23-,28+/m0/s1. The molecule has 0 saturated heterocycles. The first-order chi connectivity index (χ1) is 17.0. The molecule has 1 aliphatic rings. The van der Waals surface area contributed by atoms with Gasteiger partial charge in [-0.2, -0.15) is 0 Å². The zero-order chi connectivity index (χ0) is 24.6. The van der Waals surface area contributed by atoms with Crippen LogP contribution >= 0.6 is 0 Å². The van der Waals surface area contributed by atoms with Gasteiger partial charge < -0.3 is 5.11 Å². The highest BCUT2D eigenvalue weighted by molar-refractivity contribution is 5.97. The zero-order valence-electron chi connectivity index (χ0n) is 20.9. The Morgan fingerprint density at radius 3 is 2.29 bits per heavy atom. The lowest BCUT2D eigenvalue weighted by atomic mass is 9.84. The molecule has 0 bridgehead atoms. The van der Waals surface area contributed by atoms with Gasteiger partial charge in [0.2, 0.25) is 0 Å². The number of ketones is 1. The Balaban J connectivity index is 1.41. The van der Waals surface area contributed by atoms with Gasteiger partial charge in [-0.15, -0.1) is 0 Å². The monoisotopic (exact) mass is 471 g/mol. The predicted octanol–water partition coefficient (Wildman–Crippen LogP) is 5.68. The topological polar surface area (TPSA) is 56.7 Å². The molecule has 0 amide bonds. The summed E-state index contributed by atoms with van der Waals surface area (Å²) >= 11 is 0. The average molecular weight is 472 g/mol. The molecule has 4 rings (SSSR count). The first-order valence-electron chi connectivity index (χ1n) is 12.7. The van der Waals surface area contributed by atoms with E-state index in [0.717, 1.165) is 25.1 Å². The minimum Gasteiger partial charge on any atom is -0.506 e. The summed E-state index contributed by atoms with van der Waals surface area (Å²) in [4.78, 5) is 21.9. The van der Waals surface area contributed by atoms with E-state index in [1.807, 2.05) is 37.4 Å². The molecule has 0 spiro atoms. The van der Waals surface area contributed by atoms with Crippen LogP contribution in [0.15, 0.2) is 72.9 Å². The lowest BCUT2D eigenvalue weighted by molar-refractivity contribution is 0.0753. The number of Topliss-reactive ketones (excluding diaryl/α,β-unsaturated/α-hetero) is 1. The Bertz CT molecular complexity index is 1080. The third-order valence-electron chi connectivity index (χ3n) is 7.12.